The Kier molecular flexibility index (Phi) is 2.48. The molecule has 0 N–H and O–H groups in total. The van der Waals surface area contributed by atoms with E-state index in [1.165, 1.54) is 0 Å². The van der Waals surface area contributed by atoms with Crippen LogP contribution in [-0.2, 0) is 0 Å². The molecule has 0 saturated carbocycles. The van der Waals surface area contributed by atoms with E-state index >= 15 is 0 Å². The molecule has 2 fully saturated rings. The lowest BCUT2D eigenvalue weighted by atomic mass is 10.0. The molecular formula is C12H16N2OS. The van der Waals surface area contributed by atoms with Crippen molar-refractivity contribution in [2.75, 3.05) is 33.2 Å². The summed E-state index contributed by atoms with van der Waals surface area (Å²) in [6.07, 6.45) is 0. The minimum Gasteiger partial charge on any atom is -0.337 e. The van der Waals surface area contributed by atoms with Crippen molar-refractivity contribution in [1.29, 1.82) is 0 Å². The van der Waals surface area contributed by atoms with Gasteiger partial charge in [0.25, 0.3) is 5.91 Å². The maximum absolute atomic E-state index is 12.1. The van der Waals surface area contributed by atoms with Gasteiger partial charge in [0.2, 0.25) is 0 Å². The van der Waals surface area contributed by atoms with E-state index in [4.69, 9.17) is 0 Å². The highest BCUT2D eigenvalue weighted by atomic mass is 32.1. The Balaban J connectivity index is 1.69. The van der Waals surface area contributed by atoms with E-state index in [0.29, 0.717) is 11.8 Å². The fourth-order valence-electron chi connectivity index (χ4n) is 2.95. The van der Waals surface area contributed by atoms with Crippen LogP contribution in [-0.4, -0.2) is 48.9 Å². The van der Waals surface area contributed by atoms with Gasteiger partial charge in [0.05, 0.1) is 4.88 Å². The van der Waals surface area contributed by atoms with Gasteiger partial charge < -0.3 is 9.80 Å². The molecule has 86 valence electrons. The number of carbonyl (C=O) groups is 1. The number of hydrogen-bond acceptors (Lipinski definition) is 3. The molecule has 4 heteroatoms. The summed E-state index contributed by atoms with van der Waals surface area (Å²) < 4.78 is 0. The number of fused-ring (bicyclic) bond motifs is 1. The van der Waals surface area contributed by atoms with Crippen LogP contribution in [0.25, 0.3) is 0 Å². The maximum Gasteiger partial charge on any atom is 0.263 e. The van der Waals surface area contributed by atoms with Crippen LogP contribution in [0, 0.1) is 11.8 Å². The Bertz CT molecular complexity index is 376. The first-order valence-corrected chi connectivity index (χ1v) is 6.63. The number of thiophene rings is 1. The fraction of sp³-hybridized carbons (Fsp3) is 0.583. The average Bonchev–Trinajstić information content (AvgIpc) is 2.89. The van der Waals surface area contributed by atoms with E-state index in [-0.39, 0.29) is 5.91 Å². The second-order valence-electron chi connectivity index (χ2n) is 4.93. The van der Waals surface area contributed by atoms with Gasteiger partial charge >= 0.3 is 0 Å². The van der Waals surface area contributed by atoms with Crippen LogP contribution in [0.15, 0.2) is 17.5 Å². The highest BCUT2D eigenvalue weighted by Crippen LogP contribution is 2.31. The molecule has 1 aromatic heterocycles. The number of nitrogens with zero attached hydrogens (tertiary/aromatic N) is 2. The minimum atomic E-state index is 0.229. The molecule has 2 saturated heterocycles. The third-order valence-electron chi connectivity index (χ3n) is 3.69. The number of carbonyl (C=O) groups excluding carboxylic acids is 1. The first-order valence-electron chi connectivity index (χ1n) is 5.75. The first-order chi connectivity index (χ1) is 7.74. The van der Waals surface area contributed by atoms with Crippen LogP contribution in [0.1, 0.15) is 9.67 Å². The zero-order valence-corrected chi connectivity index (χ0v) is 10.2. The number of amides is 1. The van der Waals surface area contributed by atoms with Crippen LogP contribution < -0.4 is 0 Å². The number of likely N-dealkylation sites (tertiary alicyclic amines) is 2. The van der Waals surface area contributed by atoms with Gasteiger partial charge in [0.15, 0.2) is 0 Å². The zero-order chi connectivity index (χ0) is 11.1. The van der Waals surface area contributed by atoms with Gasteiger partial charge in [-0.1, -0.05) is 6.07 Å². The van der Waals surface area contributed by atoms with Crippen molar-refractivity contribution in [1.82, 2.24) is 9.80 Å². The van der Waals surface area contributed by atoms with Crippen molar-refractivity contribution in [3.63, 3.8) is 0 Å². The van der Waals surface area contributed by atoms with E-state index in [2.05, 4.69) is 11.9 Å². The predicted octanol–water partition coefficient (Wildman–Crippen LogP) is 1.38. The van der Waals surface area contributed by atoms with Crippen molar-refractivity contribution in [3.8, 4) is 0 Å². The predicted molar refractivity (Wildman–Crippen MR) is 64.7 cm³/mol. The molecule has 2 aliphatic rings. The number of rotatable bonds is 1. The summed E-state index contributed by atoms with van der Waals surface area (Å²) in [4.78, 5) is 17.4. The van der Waals surface area contributed by atoms with E-state index in [0.717, 1.165) is 31.1 Å². The van der Waals surface area contributed by atoms with Gasteiger partial charge in [-0.15, -0.1) is 11.3 Å². The van der Waals surface area contributed by atoms with Crippen molar-refractivity contribution in [2.45, 2.75) is 0 Å². The van der Waals surface area contributed by atoms with Crippen LogP contribution in [0.4, 0.5) is 0 Å². The van der Waals surface area contributed by atoms with Gasteiger partial charge in [0.1, 0.15) is 0 Å². The quantitative estimate of drug-likeness (QED) is 0.735. The Morgan fingerprint density at radius 2 is 2.00 bits per heavy atom. The summed E-state index contributed by atoms with van der Waals surface area (Å²) in [6.45, 7) is 4.20. The minimum absolute atomic E-state index is 0.229. The van der Waals surface area contributed by atoms with E-state index < -0.39 is 0 Å². The van der Waals surface area contributed by atoms with Gasteiger partial charge in [-0.2, -0.15) is 0 Å². The number of hydrogen-bond donors (Lipinski definition) is 0. The maximum atomic E-state index is 12.1. The SMILES string of the molecule is CN1C[C@@H]2CN(C(=O)c3cccs3)C[C@@H]2C1. The van der Waals surface area contributed by atoms with Crippen LogP contribution in [0.5, 0.6) is 0 Å². The Labute approximate surface area is 99.7 Å². The molecule has 2 aliphatic heterocycles. The molecule has 1 amide bonds. The van der Waals surface area contributed by atoms with Crippen LogP contribution in [0.3, 0.4) is 0 Å². The highest BCUT2D eigenvalue weighted by molar-refractivity contribution is 7.12. The largest absolute Gasteiger partial charge is 0.337 e. The molecule has 0 radical (unpaired) electrons. The smallest absolute Gasteiger partial charge is 0.263 e. The Hall–Kier alpha value is -0.870. The summed E-state index contributed by atoms with van der Waals surface area (Å²) in [6, 6.07) is 3.87. The topological polar surface area (TPSA) is 23.6 Å². The average molecular weight is 236 g/mol. The molecule has 3 heterocycles. The monoisotopic (exact) mass is 236 g/mol. The summed E-state index contributed by atoms with van der Waals surface area (Å²) >= 11 is 1.54. The van der Waals surface area contributed by atoms with Gasteiger partial charge in [0, 0.05) is 26.2 Å². The third-order valence-corrected chi connectivity index (χ3v) is 4.55. The molecule has 3 rings (SSSR count). The van der Waals surface area contributed by atoms with Gasteiger partial charge in [-0.3, -0.25) is 4.79 Å². The second-order valence-corrected chi connectivity index (χ2v) is 5.88. The normalized spacial score (nSPS) is 29.7. The molecule has 0 aromatic carbocycles. The van der Waals surface area contributed by atoms with E-state index in [1.807, 2.05) is 22.4 Å². The van der Waals surface area contributed by atoms with Crippen molar-refractivity contribution < 1.29 is 4.79 Å². The van der Waals surface area contributed by atoms with Gasteiger partial charge in [-0.25, -0.2) is 0 Å². The zero-order valence-electron chi connectivity index (χ0n) is 9.43. The molecule has 0 aliphatic carbocycles. The fourth-order valence-corrected chi connectivity index (χ4v) is 3.64. The standard InChI is InChI=1S/C12H16N2OS/c1-13-5-9-7-14(8-10(9)6-13)12(15)11-3-2-4-16-11/h2-4,9-10H,5-8H2,1H3/t9-,10+. The van der Waals surface area contributed by atoms with Gasteiger partial charge in [-0.05, 0) is 30.3 Å². The molecule has 3 nitrogen and oxygen atoms in total. The molecule has 0 spiro atoms. The summed E-state index contributed by atoms with van der Waals surface area (Å²) in [7, 11) is 2.17. The summed E-state index contributed by atoms with van der Waals surface area (Å²) in [5.41, 5.74) is 0. The summed E-state index contributed by atoms with van der Waals surface area (Å²) in [5.74, 6) is 1.63. The molecule has 2 atom stereocenters. The van der Waals surface area contributed by atoms with Crippen LogP contribution in [0.2, 0.25) is 0 Å². The highest BCUT2D eigenvalue weighted by Gasteiger charge is 2.40. The second kappa shape index (κ2) is 3.86. The molecule has 16 heavy (non-hydrogen) atoms. The van der Waals surface area contributed by atoms with E-state index in [1.54, 1.807) is 11.3 Å². The van der Waals surface area contributed by atoms with Crippen molar-refractivity contribution in [3.05, 3.63) is 22.4 Å². The molecule has 0 bridgehead atoms. The Morgan fingerprint density at radius 3 is 2.56 bits per heavy atom. The molecular weight excluding hydrogens is 220 g/mol. The lowest BCUT2D eigenvalue weighted by Gasteiger charge is -2.18. The lowest BCUT2D eigenvalue weighted by Crippen LogP contribution is -2.31. The lowest BCUT2D eigenvalue weighted by molar-refractivity contribution is 0.0781. The van der Waals surface area contributed by atoms with Crippen molar-refractivity contribution >= 4 is 17.2 Å². The first kappa shape index (κ1) is 10.3. The van der Waals surface area contributed by atoms with Crippen LogP contribution >= 0.6 is 11.3 Å². The molecule has 1 aromatic rings. The summed E-state index contributed by atoms with van der Waals surface area (Å²) in [5, 5.41) is 1.97. The molecule has 0 unspecified atom stereocenters. The van der Waals surface area contributed by atoms with Crippen molar-refractivity contribution in [2.24, 2.45) is 11.8 Å². The third kappa shape index (κ3) is 1.66. The Morgan fingerprint density at radius 1 is 1.31 bits per heavy atom. The van der Waals surface area contributed by atoms with E-state index in [9.17, 15) is 4.79 Å².